The summed E-state index contributed by atoms with van der Waals surface area (Å²) in [5.74, 6) is -0.699. The van der Waals surface area contributed by atoms with Crippen LogP contribution in [0.15, 0.2) is 24.3 Å². The van der Waals surface area contributed by atoms with Gasteiger partial charge in [0.15, 0.2) is 0 Å². The molecule has 0 bridgehead atoms. The zero-order valence-corrected chi connectivity index (χ0v) is 11.2. The Morgan fingerprint density at radius 1 is 1.10 bits per heavy atom. The summed E-state index contributed by atoms with van der Waals surface area (Å²) in [6.07, 6.45) is 0.522. The van der Waals surface area contributed by atoms with Gasteiger partial charge < -0.3 is 10.2 Å². The Labute approximate surface area is 120 Å². The van der Waals surface area contributed by atoms with Crippen LogP contribution in [-0.4, -0.2) is 46.8 Å². The van der Waals surface area contributed by atoms with Gasteiger partial charge in [0.1, 0.15) is 5.82 Å². The van der Waals surface area contributed by atoms with Crippen LogP contribution in [0.4, 0.5) is 14.9 Å². The highest BCUT2D eigenvalue weighted by Gasteiger charge is 2.42. The summed E-state index contributed by atoms with van der Waals surface area (Å²) in [5, 5.41) is 2.64. The van der Waals surface area contributed by atoms with Crippen LogP contribution in [0, 0.1) is 5.82 Å². The van der Waals surface area contributed by atoms with Crippen LogP contribution in [-0.2, 0) is 9.59 Å². The Morgan fingerprint density at radius 2 is 1.67 bits per heavy atom. The third-order valence-electron chi connectivity index (χ3n) is 3.70. The lowest BCUT2D eigenvalue weighted by atomic mass is 10.1. The van der Waals surface area contributed by atoms with Crippen molar-refractivity contribution < 1.29 is 18.8 Å². The van der Waals surface area contributed by atoms with E-state index in [1.165, 1.54) is 34.1 Å². The van der Waals surface area contributed by atoms with Crippen molar-refractivity contribution in [2.24, 2.45) is 0 Å². The zero-order chi connectivity index (χ0) is 15.0. The molecule has 2 aliphatic heterocycles. The van der Waals surface area contributed by atoms with Crippen molar-refractivity contribution in [1.82, 2.24) is 9.80 Å². The Morgan fingerprint density at radius 3 is 2.24 bits per heavy atom. The molecule has 2 aliphatic rings. The Bertz CT molecular complexity index is 580. The van der Waals surface area contributed by atoms with Crippen molar-refractivity contribution in [3.8, 4) is 0 Å². The molecule has 2 heterocycles. The van der Waals surface area contributed by atoms with E-state index in [0.29, 0.717) is 18.8 Å². The highest BCUT2D eigenvalue weighted by atomic mass is 19.1. The van der Waals surface area contributed by atoms with Gasteiger partial charge in [-0.05, 0) is 24.3 Å². The molecule has 0 unspecified atom stereocenters. The van der Waals surface area contributed by atoms with Gasteiger partial charge in [-0.3, -0.25) is 14.5 Å². The van der Waals surface area contributed by atoms with Crippen LogP contribution < -0.4 is 5.32 Å². The van der Waals surface area contributed by atoms with Gasteiger partial charge in [-0.1, -0.05) is 0 Å². The molecule has 0 saturated carbocycles. The molecule has 21 heavy (non-hydrogen) atoms. The number of benzene rings is 1. The number of nitrogens with zero attached hydrogens (tertiary/aromatic N) is 2. The number of anilines is 1. The third kappa shape index (κ3) is 2.58. The molecule has 1 N–H and O–H groups in total. The van der Waals surface area contributed by atoms with Crippen LogP contribution in [0.2, 0.25) is 0 Å². The van der Waals surface area contributed by atoms with E-state index in [4.69, 9.17) is 0 Å². The van der Waals surface area contributed by atoms with E-state index in [1.807, 2.05) is 0 Å². The topological polar surface area (TPSA) is 69.7 Å². The third-order valence-corrected chi connectivity index (χ3v) is 3.70. The van der Waals surface area contributed by atoms with Gasteiger partial charge in [0.05, 0.1) is 6.04 Å². The number of hydrogen-bond donors (Lipinski definition) is 1. The first-order valence-corrected chi connectivity index (χ1v) is 6.71. The number of urea groups is 1. The molecule has 2 fully saturated rings. The van der Waals surface area contributed by atoms with E-state index in [-0.39, 0.29) is 42.5 Å². The lowest BCUT2D eigenvalue weighted by molar-refractivity contribution is -0.144. The van der Waals surface area contributed by atoms with Crippen LogP contribution >= 0.6 is 0 Å². The summed E-state index contributed by atoms with van der Waals surface area (Å²) in [6.45, 7) is 0.676. The molecule has 1 aromatic rings. The fourth-order valence-electron chi connectivity index (χ4n) is 2.52. The van der Waals surface area contributed by atoms with Crippen molar-refractivity contribution in [2.45, 2.75) is 18.9 Å². The number of halogens is 1. The number of hydrogen-bond acceptors (Lipinski definition) is 3. The summed E-state index contributed by atoms with van der Waals surface area (Å²) >= 11 is 0. The van der Waals surface area contributed by atoms with E-state index in [9.17, 15) is 18.8 Å². The summed E-state index contributed by atoms with van der Waals surface area (Å²) < 4.78 is 12.8. The lowest BCUT2D eigenvalue weighted by Gasteiger charge is -2.42. The summed E-state index contributed by atoms with van der Waals surface area (Å²) in [6, 6.07) is 4.92. The minimum atomic E-state index is -0.372. The second-order valence-corrected chi connectivity index (χ2v) is 5.15. The van der Waals surface area contributed by atoms with Crippen LogP contribution in [0.5, 0.6) is 0 Å². The normalized spacial score (nSPS) is 18.9. The average molecular weight is 291 g/mol. The van der Waals surface area contributed by atoms with Gasteiger partial charge in [-0.15, -0.1) is 0 Å². The molecule has 0 aliphatic carbocycles. The van der Waals surface area contributed by atoms with Gasteiger partial charge in [-0.2, -0.15) is 0 Å². The second-order valence-electron chi connectivity index (χ2n) is 5.15. The highest BCUT2D eigenvalue weighted by Crippen LogP contribution is 2.23. The Hall–Kier alpha value is -2.44. The SMILES string of the molecule is O=C(Nc1ccc(F)cc1)N1CC(N2C(=O)CCC2=O)C1. The maximum absolute atomic E-state index is 12.8. The van der Waals surface area contributed by atoms with Crippen molar-refractivity contribution in [3.05, 3.63) is 30.1 Å². The van der Waals surface area contributed by atoms with E-state index in [1.54, 1.807) is 0 Å². The smallest absolute Gasteiger partial charge is 0.320 e. The molecular weight excluding hydrogens is 277 g/mol. The Kier molecular flexibility index (Phi) is 3.32. The first-order valence-electron chi connectivity index (χ1n) is 6.71. The highest BCUT2D eigenvalue weighted by molar-refractivity contribution is 6.02. The van der Waals surface area contributed by atoms with E-state index >= 15 is 0 Å². The van der Waals surface area contributed by atoms with Crippen molar-refractivity contribution in [3.63, 3.8) is 0 Å². The molecular formula is C14H14FN3O3. The second kappa shape index (κ2) is 5.16. The molecule has 0 radical (unpaired) electrons. The number of nitrogens with one attached hydrogen (secondary N) is 1. The Balaban J connectivity index is 1.54. The summed E-state index contributed by atoms with van der Waals surface area (Å²) in [5.41, 5.74) is 0.498. The van der Waals surface area contributed by atoms with Gasteiger partial charge in [0.25, 0.3) is 0 Å². The van der Waals surface area contributed by atoms with E-state index in [2.05, 4.69) is 5.32 Å². The summed E-state index contributed by atoms with van der Waals surface area (Å²) in [4.78, 5) is 37.8. The fourth-order valence-corrected chi connectivity index (χ4v) is 2.52. The number of carbonyl (C=O) groups excluding carboxylic acids is 3. The molecule has 3 rings (SSSR count). The fraction of sp³-hybridized carbons (Fsp3) is 0.357. The van der Waals surface area contributed by atoms with Gasteiger partial charge >= 0.3 is 6.03 Å². The molecule has 110 valence electrons. The maximum Gasteiger partial charge on any atom is 0.321 e. The number of amides is 4. The number of likely N-dealkylation sites (tertiary alicyclic amines) is 2. The minimum Gasteiger partial charge on any atom is -0.320 e. The molecule has 0 atom stereocenters. The number of imide groups is 1. The van der Waals surface area contributed by atoms with Crippen LogP contribution in [0.25, 0.3) is 0 Å². The monoisotopic (exact) mass is 291 g/mol. The van der Waals surface area contributed by atoms with E-state index in [0.717, 1.165) is 0 Å². The zero-order valence-electron chi connectivity index (χ0n) is 11.2. The van der Waals surface area contributed by atoms with E-state index < -0.39 is 0 Å². The number of rotatable bonds is 2. The van der Waals surface area contributed by atoms with Crippen molar-refractivity contribution >= 4 is 23.5 Å². The van der Waals surface area contributed by atoms with Gasteiger partial charge in [0, 0.05) is 31.6 Å². The molecule has 7 heteroatoms. The van der Waals surface area contributed by atoms with Crippen LogP contribution in [0.3, 0.4) is 0 Å². The van der Waals surface area contributed by atoms with Gasteiger partial charge in [0.2, 0.25) is 11.8 Å². The van der Waals surface area contributed by atoms with Crippen molar-refractivity contribution in [1.29, 1.82) is 0 Å². The number of carbonyl (C=O) groups is 3. The molecule has 1 aromatic carbocycles. The maximum atomic E-state index is 12.8. The quantitative estimate of drug-likeness (QED) is 0.832. The standard InChI is InChI=1S/C14H14FN3O3/c15-9-1-3-10(4-2-9)16-14(21)17-7-11(8-17)18-12(19)5-6-13(18)20/h1-4,11H,5-8H2,(H,16,21). The van der Waals surface area contributed by atoms with Gasteiger partial charge in [-0.25, -0.2) is 9.18 Å². The van der Waals surface area contributed by atoms with Crippen molar-refractivity contribution in [2.75, 3.05) is 18.4 Å². The minimum absolute atomic E-state index is 0.163. The predicted octanol–water partition coefficient (Wildman–Crippen LogP) is 1.19. The first kappa shape index (κ1) is 13.5. The molecule has 0 aromatic heterocycles. The van der Waals surface area contributed by atoms with Crippen LogP contribution in [0.1, 0.15) is 12.8 Å². The summed E-state index contributed by atoms with van der Waals surface area (Å²) in [7, 11) is 0. The molecule has 2 saturated heterocycles. The largest absolute Gasteiger partial charge is 0.321 e. The average Bonchev–Trinajstić information content (AvgIpc) is 2.72. The predicted molar refractivity (Wildman–Crippen MR) is 71.9 cm³/mol. The first-order chi connectivity index (χ1) is 10.0. The molecule has 0 spiro atoms. The molecule has 4 amide bonds. The molecule has 6 nitrogen and oxygen atoms in total. The lowest BCUT2D eigenvalue weighted by Crippen LogP contribution is -2.63.